The van der Waals surface area contributed by atoms with E-state index in [1.54, 1.807) is 36.9 Å². The third kappa shape index (κ3) is 5.12. The van der Waals surface area contributed by atoms with Crippen LogP contribution in [0.15, 0.2) is 83.6 Å². The smallest absolute Gasteiger partial charge is 0.239 e. The highest BCUT2D eigenvalue weighted by Crippen LogP contribution is 2.24. The van der Waals surface area contributed by atoms with E-state index in [0.29, 0.717) is 22.9 Å². The second kappa shape index (κ2) is 10.4. The van der Waals surface area contributed by atoms with Gasteiger partial charge < -0.3 is 11.5 Å². The summed E-state index contributed by atoms with van der Waals surface area (Å²) in [5, 5.41) is 8.77. The van der Waals surface area contributed by atoms with Gasteiger partial charge in [0.1, 0.15) is 11.6 Å². The van der Waals surface area contributed by atoms with Crippen LogP contribution in [0.2, 0.25) is 0 Å². The number of rotatable bonds is 4. The predicted octanol–water partition coefficient (Wildman–Crippen LogP) is 2.22. The zero-order valence-corrected chi connectivity index (χ0v) is 21.9. The molecular weight excluding hydrogens is 524 g/mol. The second-order valence-electron chi connectivity index (χ2n) is 8.06. The van der Waals surface area contributed by atoms with Gasteiger partial charge in [-0.15, -0.1) is 10.2 Å². The molecule has 14 heteroatoms. The predicted molar refractivity (Wildman–Crippen MR) is 146 cm³/mol. The molecule has 0 amide bonds. The van der Waals surface area contributed by atoms with E-state index >= 15 is 0 Å². The lowest BCUT2D eigenvalue weighted by Crippen LogP contribution is -1.99. The van der Waals surface area contributed by atoms with E-state index in [-0.39, 0.29) is 10.3 Å². The molecule has 6 aromatic heterocycles. The van der Waals surface area contributed by atoms with Gasteiger partial charge in [-0.1, -0.05) is 12.1 Å². The molecule has 0 bridgehead atoms. The van der Waals surface area contributed by atoms with Crippen molar-refractivity contribution in [1.29, 1.82) is 0 Å². The van der Waals surface area contributed by atoms with Gasteiger partial charge in [-0.2, -0.15) is 19.0 Å². The monoisotopic (exact) mass is 546 g/mol. The van der Waals surface area contributed by atoms with Gasteiger partial charge in [0.15, 0.2) is 11.3 Å². The van der Waals surface area contributed by atoms with Crippen molar-refractivity contribution in [3.63, 3.8) is 0 Å². The first-order valence-electron chi connectivity index (χ1n) is 11.1. The summed E-state index contributed by atoms with van der Waals surface area (Å²) in [4.78, 5) is 16.6. The maximum Gasteiger partial charge on any atom is 0.239 e. The van der Waals surface area contributed by atoms with Crippen LogP contribution in [0.5, 0.6) is 0 Å². The summed E-state index contributed by atoms with van der Waals surface area (Å²) in [7, 11) is -2.46. The molecule has 6 heterocycles. The molecule has 2 atom stereocenters. The first-order chi connectivity index (χ1) is 18.3. The van der Waals surface area contributed by atoms with Gasteiger partial charge in [0.2, 0.25) is 10.3 Å². The molecular formula is C24H22N10O2S2. The minimum atomic E-state index is -1.23. The minimum absolute atomic E-state index is 0.273. The molecule has 0 saturated carbocycles. The largest absolute Gasteiger partial charge is 0.384 e. The first kappa shape index (κ1) is 25.1. The molecule has 6 aromatic rings. The Hall–Kier alpha value is -4.56. The SMILES string of the molecule is CS(=O)c1nc2cc(-c3cccnc3)cc(N)n2n1.CS(=O)c1nc2cc(-c3cccnc3)cc(N)n2n1. The number of nitrogens with zero attached hydrogens (tertiary/aromatic N) is 8. The number of nitrogen functional groups attached to an aromatic ring is 2. The van der Waals surface area contributed by atoms with Crippen molar-refractivity contribution in [2.24, 2.45) is 0 Å². The molecule has 0 fully saturated rings. The lowest BCUT2D eigenvalue weighted by molar-refractivity contribution is 0.678. The fraction of sp³-hybridized carbons (Fsp3) is 0.0833. The van der Waals surface area contributed by atoms with Gasteiger partial charge in [0.25, 0.3) is 0 Å². The maximum atomic E-state index is 11.4. The van der Waals surface area contributed by atoms with Gasteiger partial charge in [-0.25, -0.2) is 0 Å². The van der Waals surface area contributed by atoms with Gasteiger partial charge in [-0.05, 0) is 47.5 Å². The number of anilines is 2. The summed E-state index contributed by atoms with van der Waals surface area (Å²) in [6.07, 6.45) is 9.99. The molecule has 0 spiro atoms. The van der Waals surface area contributed by atoms with Crippen LogP contribution < -0.4 is 11.5 Å². The van der Waals surface area contributed by atoms with Crippen LogP contribution in [0, 0.1) is 0 Å². The Bertz CT molecular complexity index is 1670. The van der Waals surface area contributed by atoms with Crippen LogP contribution in [0.25, 0.3) is 33.5 Å². The highest BCUT2D eigenvalue weighted by atomic mass is 32.2. The Kier molecular flexibility index (Phi) is 6.89. The number of pyridine rings is 4. The summed E-state index contributed by atoms with van der Waals surface area (Å²) < 4.78 is 25.8. The average molecular weight is 547 g/mol. The third-order valence-corrected chi connectivity index (χ3v) is 6.77. The Labute approximate surface area is 221 Å². The number of hydrogen-bond donors (Lipinski definition) is 2. The lowest BCUT2D eigenvalue weighted by Gasteiger charge is -2.03. The molecule has 12 nitrogen and oxygen atoms in total. The van der Waals surface area contributed by atoms with Crippen LogP contribution in [-0.4, -0.2) is 60.1 Å². The third-order valence-electron chi connectivity index (χ3n) is 5.39. The van der Waals surface area contributed by atoms with E-state index in [1.165, 1.54) is 21.5 Å². The average Bonchev–Trinajstić information content (AvgIpc) is 3.56. The first-order valence-corrected chi connectivity index (χ1v) is 14.2. The molecule has 0 aliphatic carbocycles. The van der Waals surface area contributed by atoms with Crippen LogP contribution in [0.3, 0.4) is 0 Å². The van der Waals surface area contributed by atoms with Gasteiger partial charge >= 0.3 is 0 Å². The summed E-state index contributed by atoms with van der Waals surface area (Å²) in [5.41, 5.74) is 16.7. The van der Waals surface area contributed by atoms with E-state index in [9.17, 15) is 8.42 Å². The number of aromatic nitrogens is 8. The van der Waals surface area contributed by atoms with Crippen molar-refractivity contribution in [1.82, 2.24) is 39.2 Å². The van der Waals surface area contributed by atoms with Crippen LogP contribution in [-0.2, 0) is 21.6 Å². The van der Waals surface area contributed by atoms with E-state index in [4.69, 9.17) is 11.5 Å². The Balaban J connectivity index is 0.000000155. The Morgan fingerprint density at radius 2 is 1.08 bits per heavy atom. The van der Waals surface area contributed by atoms with Gasteiger partial charge in [0, 0.05) is 48.4 Å². The van der Waals surface area contributed by atoms with E-state index < -0.39 is 21.6 Å². The fourth-order valence-corrected chi connectivity index (χ4v) is 4.46. The van der Waals surface area contributed by atoms with Crippen molar-refractivity contribution >= 4 is 44.5 Å². The van der Waals surface area contributed by atoms with Crippen molar-refractivity contribution in [2.75, 3.05) is 24.0 Å². The molecule has 38 heavy (non-hydrogen) atoms. The topological polar surface area (TPSA) is 172 Å². The summed E-state index contributed by atoms with van der Waals surface area (Å²) >= 11 is 0. The number of fused-ring (bicyclic) bond motifs is 2. The molecule has 0 aliphatic heterocycles. The van der Waals surface area contributed by atoms with Crippen LogP contribution >= 0.6 is 0 Å². The standard InChI is InChI=1S/2C12H11N5OS/c2*1-19(18)12-15-11-6-9(5-10(13)17(11)16-12)8-3-2-4-14-7-8/h2*2-7H,13H2,1H3. The van der Waals surface area contributed by atoms with E-state index in [0.717, 1.165) is 22.3 Å². The Morgan fingerprint density at radius 1 is 0.658 bits per heavy atom. The van der Waals surface area contributed by atoms with Gasteiger partial charge in [0.05, 0.1) is 21.6 Å². The molecule has 0 aliphatic rings. The quantitative estimate of drug-likeness (QED) is 0.334. The molecule has 2 unspecified atom stereocenters. The fourth-order valence-electron chi connectivity index (χ4n) is 3.62. The minimum Gasteiger partial charge on any atom is -0.384 e. The molecule has 192 valence electrons. The molecule has 6 rings (SSSR count). The van der Waals surface area contributed by atoms with Crippen molar-refractivity contribution in [3.05, 3.63) is 73.3 Å². The number of hydrogen-bond acceptors (Lipinski definition) is 10. The number of nitrogens with two attached hydrogens (primary N) is 2. The molecule has 0 radical (unpaired) electrons. The normalized spacial score (nSPS) is 12.7. The summed E-state index contributed by atoms with van der Waals surface area (Å²) in [6.45, 7) is 0. The van der Waals surface area contributed by atoms with Crippen molar-refractivity contribution in [3.8, 4) is 22.3 Å². The van der Waals surface area contributed by atoms with Crippen molar-refractivity contribution < 1.29 is 8.42 Å². The second-order valence-corrected chi connectivity index (χ2v) is 10.6. The maximum absolute atomic E-state index is 11.4. The van der Waals surface area contributed by atoms with E-state index in [1.807, 2.05) is 36.4 Å². The highest BCUT2D eigenvalue weighted by Gasteiger charge is 2.12. The zero-order chi connectivity index (χ0) is 26.8. The highest BCUT2D eigenvalue weighted by molar-refractivity contribution is 7.84. The summed E-state index contributed by atoms with van der Waals surface area (Å²) in [5.74, 6) is 0.890. The summed E-state index contributed by atoms with van der Waals surface area (Å²) in [6, 6.07) is 14.9. The zero-order valence-electron chi connectivity index (χ0n) is 20.3. The van der Waals surface area contributed by atoms with Crippen LogP contribution in [0.1, 0.15) is 0 Å². The van der Waals surface area contributed by atoms with E-state index in [2.05, 4.69) is 30.1 Å². The molecule has 0 saturated heterocycles. The molecule has 4 N–H and O–H groups in total. The lowest BCUT2D eigenvalue weighted by atomic mass is 10.1. The Morgan fingerprint density at radius 3 is 1.42 bits per heavy atom. The molecule has 0 aromatic carbocycles. The van der Waals surface area contributed by atoms with Crippen molar-refractivity contribution in [2.45, 2.75) is 10.3 Å². The van der Waals surface area contributed by atoms with Gasteiger partial charge in [-0.3, -0.25) is 18.4 Å². The van der Waals surface area contributed by atoms with Crippen LogP contribution in [0.4, 0.5) is 11.6 Å².